The number of nitrogens with one attached hydrogen (secondary N) is 2. The van der Waals surface area contributed by atoms with Crippen molar-refractivity contribution in [2.24, 2.45) is 5.92 Å². The summed E-state index contributed by atoms with van der Waals surface area (Å²) in [5, 5.41) is 6.25. The fourth-order valence-corrected chi connectivity index (χ4v) is 2.61. The third kappa shape index (κ3) is 3.76. The van der Waals surface area contributed by atoms with E-state index in [0.29, 0.717) is 5.92 Å². The average molecular weight is 288 g/mol. The Morgan fingerprint density at radius 3 is 3.14 bits per heavy atom. The van der Waals surface area contributed by atoms with Crippen LogP contribution >= 0.6 is 0 Å². The molecule has 2 aliphatic rings. The molecule has 1 aromatic rings. The van der Waals surface area contributed by atoms with E-state index in [4.69, 9.17) is 9.47 Å². The highest BCUT2D eigenvalue weighted by molar-refractivity contribution is 5.91. The minimum absolute atomic E-state index is 0.0568. The van der Waals surface area contributed by atoms with E-state index in [1.807, 2.05) is 18.2 Å². The predicted molar refractivity (Wildman–Crippen MR) is 80.2 cm³/mol. The lowest BCUT2D eigenvalue weighted by Gasteiger charge is -2.07. The number of benzene rings is 1. The second kappa shape index (κ2) is 6.63. The highest BCUT2D eigenvalue weighted by atomic mass is 16.7. The lowest BCUT2D eigenvalue weighted by molar-refractivity contribution is -0.116. The van der Waals surface area contributed by atoms with Gasteiger partial charge in [-0.2, -0.15) is 0 Å². The monoisotopic (exact) mass is 288 g/mol. The van der Waals surface area contributed by atoms with Crippen molar-refractivity contribution in [1.82, 2.24) is 10.6 Å². The summed E-state index contributed by atoms with van der Waals surface area (Å²) in [5.41, 5.74) is 0.925. The van der Waals surface area contributed by atoms with Crippen molar-refractivity contribution < 1.29 is 14.3 Å². The normalized spacial score (nSPS) is 20.1. The Morgan fingerprint density at radius 2 is 2.29 bits per heavy atom. The number of amides is 1. The molecule has 1 saturated heterocycles. The zero-order valence-corrected chi connectivity index (χ0v) is 11.9. The van der Waals surface area contributed by atoms with Crippen LogP contribution in [0.5, 0.6) is 11.5 Å². The Bertz CT molecular complexity index is 536. The van der Waals surface area contributed by atoms with Crippen LogP contribution in [0.1, 0.15) is 18.4 Å². The maximum absolute atomic E-state index is 11.8. The molecule has 21 heavy (non-hydrogen) atoms. The Balaban J connectivity index is 1.45. The molecule has 1 atom stereocenters. The van der Waals surface area contributed by atoms with Gasteiger partial charge in [0.25, 0.3) is 0 Å². The standard InChI is InChI=1S/C16H20N2O3/c19-16(18-8-6-13-5-7-17-10-13)4-2-12-1-3-14-15(9-12)21-11-20-14/h1-4,9,13,17H,5-8,10-11H2,(H,18,19). The van der Waals surface area contributed by atoms with Crippen LogP contribution < -0.4 is 20.1 Å². The molecule has 5 heteroatoms. The van der Waals surface area contributed by atoms with Crippen LogP contribution in [-0.4, -0.2) is 32.3 Å². The van der Waals surface area contributed by atoms with Gasteiger partial charge in [-0.3, -0.25) is 4.79 Å². The number of hydrogen-bond donors (Lipinski definition) is 2. The molecule has 2 aliphatic heterocycles. The topological polar surface area (TPSA) is 59.6 Å². The largest absolute Gasteiger partial charge is 0.454 e. The highest BCUT2D eigenvalue weighted by Gasteiger charge is 2.14. The van der Waals surface area contributed by atoms with Crippen molar-refractivity contribution in [2.75, 3.05) is 26.4 Å². The Labute approximate surface area is 124 Å². The van der Waals surface area contributed by atoms with E-state index in [9.17, 15) is 4.79 Å². The Kier molecular flexibility index (Phi) is 4.40. The summed E-state index contributed by atoms with van der Waals surface area (Å²) in [5.74, 6) is 2.12. The molecule has 1 amide bonds. The van der Waals surface area contributed by atoms with Crippen LogP contribution in [0.2, 0.25) is 0 Å². The van der Waals surface area contributed by atoms with Gasteiger partial charge in [0.1, 0.15) is 0 Å². The molecule has 0 spiro atoms. The van der Waals surface area contributed by atoms with Crippen LogP contribution in [0.25, 0.3) is 6.08 Å². The summed E-state index contributed by atoms with van der Waals surface area (Å²) in [6.45, 7) is 3.17. The van der Waals surface area contributed by atoms with Crippen molar-refractivity contribution in [3.05, 3.63) is 29.8 Å². The second-order valence-electron chi connectivity index (χ2n) is 5.38. The van der Waals surface area contributed by atoms with Crippen molar-refractivity contribution in [3.63, 3.8) is 0 Å². The van der Waals surface area contributed by atoms with Crippen molar-refractivity contribution in [2.45, 2.75) is 12.8 Å². The third-order valence-electron chi connectivity index (χ3n) is 3.84. The third-order valence-corrected chi connectivity index (χ3v) is 3.84. The second-order valence-corrected chi connectivity index (χ2v) is 5.38. The Morgan fingerprint density at radius 1 is 1.38 bits per heavy atom. The maximum atomic E-state index is 11.8. The predicted octanol–water partition coefficient (Wildman–Crippen LogP) is 1.54. The number of hydrogen-bond acceptors (Lipinski definition) is 4. The zero-order chi connectivity index (χ0) is 14.5. The molecule has 0 aliphatic carbocycles. The molecule has 0 saturated carbocycles. The molecule has 1 unspecified atom stereocenters. The van der Waals surface area contributed by atoms with Gasteiger partial charge in [-0.05, 0) is 55.6 Å². The van der Waals surface area contributed by atoms with E-state index >= 15 is 0 Å². The summed E-state index contributed by atoms with van der Waals surface area (Å²) < 4.78 is 10.6. The molecule has 2 heterocycles. The van der Waals surface area contributed by atoms with Crippen LogP contribution in [0.3, 0.4) is 0 Å². The first-order valence-corrected chi connectivity index (χ1v) is 7.37. The van der Waals surface area contributed by atoms with Gasteiger partial charge in [-0.15, -0.1) is 0 Å². The number of carbonyl (C=O) groups is 1. The smallest absolute Gasteiger partial charge is 0.243 e. The first kappa shape index (κ1) is 13.9. The summed E-state index contributed by atoms with van der Waals surface area (Å²) in [7, 11) is 0. The van der Waals surface area contributed by atoms with Crippen molar-refractivity contribution in [1.29, 1.82) is 0 Å². The summed E-state index contributed by atoms with van der Waals surface area (Å²) in [6, 6.07) is 5.63. The molecule has 0 bridgehead atoms. The van der Waals surface area contributed by atoms with Gasteiger partial charge >= 0.3 is 0 Å². The summed E-state index contributed by atoms with van der Waals surface area (Å²) >= 11 is 0. The van der Waals surface area contributed by atoms with Crippen molar-refractivity contribution in [3.8, 4) is 11.5 Å². The molecule has 2 N–H and O–H groups in total. The van der Waals surface area contributed by atoms with E-state index < -0.39 is 0 Å². The number of ether oxygens (including phenoxy) is 2. The van der Waals surface area contributed by atoms with Gasteiger partial charge in [0.15, 0.2) is 11.5 Å². The van der Waals surface area contributed by atoms with Gasteiger partial charge in [0, 0.05) is 12.6 Å². The lowest BCUT2D eigenvalue weighted by Crippen LogP contribution is -2.24. The zero-order valence-electron chi connectivity index (χ0n) is 11.9. The molecule has 0 aromatic heterocycles. The molecule has 3 rings (SSSR count). The van der Waals surface area contributed by atoms with Gasteiger partial charge in [-0.1, -0.05) is 6.07 Å². The van der Waals surface area contributed by atoms with Crippen LogP contribution in [0.15, 0.2) is 24.3 Å². The molecule has 112 valence electrons. The van der Waals surface area contributed by atoms with E-state index in [1.54, 1.807) is 12.2 Å². The van der Waals surface area contributed by atoms with E-state index in [-0.39, 0.29) is 12.7 Å². The summed E-state index contributed by atoms with van der Waals surface area (Å²) in [6.07, 6.45) is 5.60. The number of fused-ring (bicyclic) bond motifs is 1. The fraction of sp³-hybridized carbons (Fsp3) is 0.438. The first-order valence-electron chi connectivity index (χ1n) is 7.37. The fourth-order valence-electron chi connectivity index (χ4n) is 2.61. The van der Waals surface area contributed by atoms with Crippen LogP contribution in [0.4, 0.5) is 0 Å². The quantitative estimate of drug-likeness (QED) is 0.807. The van der Waals surface area contributed by atoms with E-state index in [2.05, 4.69) is 10.6 Å². The molecular weight excluding hydrogens is 268 g/mol. The van der Waals surface area contributed by atoms with Crippen LogP contribution in [-0.2, 0) is 4.79 Å². The average Bonchev–Trinajstić information content (AvgIpc) is 3.15. The molecule has 0 radical (unpaired) electrons. The molecule has 1 fully saturated rings. The SMILES string of the molecule is O=C(C=Cc1ccc2c(c1)OCO2)NCCC1CCNC1. The maximum Gasteiger partial charge on any atom is 0.243 e. The van der Waals surface area contributed by atoms with Gasteiger partial charge in [0.05, 0.1) is 0 Å². The van der Waals surface area contributed by atoms with Crippen LogP contribution in [0, 0.1) is 5.92 Å². The van der Waals surface area contributed by atoms with E-state index in [1.165, 1.54) is 6.42 Å². The minimum Gasteiger partial charge on any atom is -0.454 e. The number of rotatable bonds is 5. The molecule has 1 aromatic carbocycles. The van der Waals surface area contributed by atoms with Gasteiger partial charge < -0.3 is 20.1 Å². The molecular formula is C16H20N2O3. The first-order chi connectivity index (χ1) is 10.3. The lowest BCUT2D eigenvalue weighted by atomic mass is 10.1. The van der Waals surface area contributed by atoms with Crippen molar-refractivity contribution >= 4 is 12.0 Å². The summed E-state index contributed by atoms with van der Waals surface area (Å²) in [4.78, 5) is 11.8. The van der Waals surface area contributed by atoms with Gasteiger partial charge in [-0.25, -0.2) is 0 Å². The Hall–Kier alpha value is -2.01. The highest BCUT2D eigenvalue weighted by Crippen LogP contribution is 2.32. The minimum atomic E-state index is -0.0568. The van der Waals surface area contributed by atoms with Gasteiger partial charge in [0.2, 0.25) is 12.7 Å². The molecule has 5 nitrogen and oxygen atoms in total. The van der Waals surface area contributed by atoms with E-state index in [0.717, 1.165) is 43.1 Å². The number of carbonyl (C=O) groups excluding carboxylic acids is 1.